The van der Waals surface area contributed by atoms with Crippen LogP contribution in [0.15, 0.2) is 24.3 Å². The Morgan fingerprint density at radius 3 is 2.91 bits per heavy atom. The number of benzene rings is 1. The van der Waals surface area contributed by atoms with E-state index in [1.807, 2.05) is 0 Å². The van der Waals surface area contributed by atoms with E-state index in [1.54, 1.807) is 7.11 Å². The molecule has 7 nitrogen and oxygen atoms in total. The smallest absolute Gasteiger partial charge is 0.274 e. The largest absolute Gasteiger partial charge is 0.497 e. The van der Waals surface area contributed by atoms with Crippen LogP contribution in [0.1, 0.15) is 59.0 Å². The summed E-state index contributed by atoms with van der Waals surface area (Å²) in [5.74, 6) is 2.06. The SMILES string of the molecule is COc1ccc([C@H]2CCC[C@H]3[C@@H]4C[C@@H](CN(C(=O)c5n[nH]c6c5COCC6)C4)CN23)cc1. The van der Waals surface area contributed by atoms with Crippen LogP contribution in [0, 0.1) is 11.8 Å². The molecule has 0 aliphatic carbocycles. The molecule has 4 aliphatic rings. The van der Waals surface area contributed by atoms with Gasteiger partial charge in [-0.3, -0.25) is 14.8 Å². The van der Waals surface area contributed by atoms with Gasteiger partial charge in [-0.2, -0.15) is 5.10 Å². The van der Waals surface area contributed by atoms with E-state index in [-0.39, 0.29) is 5.91 Å². The molecule has 32 heavy (non-hydrogen) atoms. The van der Waals surface area contributed by atoms with E-state index in [9.17, 15) is 4.79 Å². The molecule has 6 rings (SSSR count). The summed E-state index contributed by atoms with van der Waals surface area (Å²) in [4.78, 5) is 18.3. The number of hydrogen-bond donors (Lipinski definition) is 1. The van der Waals surface area contributed by atoms with Crippen LogP contribution >= 0.6 is 0 Å². The van der Waals surface area contributed by atoms with Gasteiger partial charge in [-0.05, 0) is 55.2 Å². The summed E-state index contributed by atoms with van der Waals surface area (Å²) in [6, 6.07) is 9.66. The summed E-state index contributed by atoms with van der Waals surface area (Å²) in [7, 11) is 1.72. The molecule has 0 saturated carbocycles. The summed E-state index contributed by atoms with van der Waals surface area (Å²) in [5, 5.41) is 7.48. The van der Waals surface area contributed by atoms with E-state index in [1.165, 1.54) is 31.2 Å². The lowest BCUT2D eigenvalue weighted by molar-refractivity contribution is -0.0513. The first kappa shape index (κ1) is 20.2. The van der Waals surface area contributed by atoms with E-state index >= 15 is 0 Å². The summed E-state index contributed by atoms with van der Waals surface area (Å²) in [5.41, 5.74) is 4.01. The van der Waals surface area contributed by atoms with Crippen molar-refractivity contribution in [2.75, 3.05) is 33.4 Å². The highest BCUT2D eigenvalue weighted by Gasteiger charge is 2.46. The van der Waals surface area contributed by atoms with Gasteiger partial charge in [-0.1, -0.05) is 12.1 Å². The number of H-pyrrole nitrogens is 1. The van der Waals surface area contributed by atoms with E-state index in [0.717, 1.165) is 43.1 Å². The zero-order valence-corrected chi connectivity index (χ0v) is 18.8. The Morgan fingerprint density at radius 2 is 2.06 bits per heavy atom. The van der Waals surface area contributed by atoms with Crippen LogP contribution in [0.25, 0.3) is 0 Å². The lowest BCUT2D eigenvalue weighted by atomic mass is 9.74. The number of aromatic nitrogens is 2. The van der Waals surface area contributed by atoms with Crippen LogP contribution in [-0.2, 0) is 17.8 Å². The number of ether oxygens (including phenoxy) is 2. The number of nitrogens with zero attached hydrogens (tertiary/aromatic N) is 3. The van der Waals surface area contributed by atoms with E-state index in [4.69, 9.17) is 9.47 Å². The molecule has 3 saturated heterocycles. The molecule has 0 spiro atoms. The number of rotatable bonds is 3. The lowest BCUT2D eigenvalue weighted by Gasteiger charge is -2.55. The monoisotopic (exact) mass is 436 g/mol. The van der Waals surface area contributed by atoms with Crippen LogP contribution in [0.5, 0.6) is 5.75 Å². The Morgan fingerprint density at radius 1 is 1.19 bits per heavy atom. The molecule has 1 aromatic carbocycles. The molecule has 1 aromatic heterocycles. The summed E-state index contributed by atoms with van der Waals surface area (Å²) < 4.78 is 11.0. The summed E-state index contributed by atoms with van der Waals surface area (Å²) >= 11 is 0. The maximum Gasteiger partial charge on any atom is 0.274 e. The molecular weight excluding hydrogens is 404 g/mol. The number of aromatic amines is 1. The number of piperidine rings is 3. The molecule has 0 unspecified atom stereocenters. The fourth-order valence-corrected chi connectivity index (χ4v) is 6.60. The molecule has 170 valence electrons. The second-order valence-corrected chi connectivity index (χ2v) is 9.89. The van der Waals surface area contributed by atoms with Crippen molar-refractivity contribution in [2.24, 2.45) is 11.8 Å². The van der Waals surface area contributed by atoms with Gasteiger partial charge in [0.25, 0.3) is 5.91 Å². The summed E-state index contributed by atoms with van der Waals surface area (Å²) in [6.45, 7) is 3.94. The Hall–Kier alpha value is -2.38. The average Bonchev–Trinajstić information content (AvgIpc) is 3.27. The quantitative estimate of drug-likeness (QED) is 0.800. The van der Waals surface area contributed by atoms with Gasteiger partial charge < -0.3 is 14.4 Å². The third-order valence-electron chi connectivity index (χ3n) is 8.07. The third kappa shape index (κ3) is 3.42. The first-order chi connectivity index (χ1) is 15.7. The molecule has 1 amide bonds. The number of carbonyl (C=O) groups is 1. The fourth-order valence-electron chi connectivity index (χ4n) is 6.60. The number of fused-ring (bicyclic) bond motifs is 5. The molecule has 2 bridgehead atoms. The fraction of sp³-hybridized carbons (Fsp3) is 0.600. The van der Waals surface area contributed by atoms with Crippen LogP contribution < -0.4 is 4.74 Å². The van der Waals surface area contributed by atoms with Crippen molar-refractivity contribution < 1.29 is 14.3 Å². The van der Waals surface area contributed by atoms with Crippen molar-refractivity contribution in [2.45, 2.75) is 50.8 Å². The molecule has 2 aromatic rings. The average molecular weight is 437 g/mol. The molecule has 3 fully saturated rings. The Balaban J connectivity index is 1.21. The highest BCUT2D eigenvalue weighted by atomic mass is 16.5. The minimum atomic E-state index is 0.0821. The molecule has 4 aliphatic heterocycles. The van der Waals surface area contributed by atoms with Gasteiger partial charge in [-0.25, -0.2) is 0 Å². The van der Waals surface area contributed by atoms with E-state index in [0.29, 0.717) is 42.8 Å². The van der Waals surface area contributed by atoms with Gasteiger partial charge >= 0.3 is 0 Å². The third-order valence-corrected chi connectivity index (χ3v) is 8.07. The maximum atomic E-state index is 13.4. The standard InChI is InChI=1S/C25H32N4O3/c1-31-19-7-5-17(6-8-19)22-3-2-4-23-18-11-16(13-29(22)23)12-28(14-18)25(30)24-20-15-32-10-9-21(20)26-27-24/h5-8,16,18,22-23H,2-4,9-15H2,1H3,(H,26,27)/t16-,18+,22+,23-/m0/s1. The molecule has 0 radical (unpaired) electrons. The first-order valence-electron chi connectivity index (χ1n) is 12.0. The van der Waals surface area contributed by atoms with Gasteiger partial charge in [0.15, 0.2) is 5.69 Å². The number of likely N-dealkylation sites (tertiary alicyclic amines) is 1. The van der Waals surface area contributed by atoms with Crippen molar-refractivity contribution in [3.8, 4) is 5.75 Å². The van der Waals surface area contributed by atoms with Crippen molar-refractivity contribution in [1.82, 2.24) is 20.0 Å². The van der Waals surface area contributed by atoms with Gasteiger partial charge in [0.1, 0.15) is 5.75 Å². The number of methoxy groups -OCH3 is 1. The second kappa shape index (κ2) is 8.19. The van der Waals surface area contributed by atoms with Crippen LogP contribution in [0.2, 0.25) is 0 Å². The van der Waals surface area contributed by atoms with Crippen molar-refractivity contribution in [1.29, 1.82) is 0 Å². The Bertz CT molecular complexity index is 988. The molecular formula is C25H32N4O3. The van der Waals surface area contributed by atoms with Crippen molar-refractivity contribution in [3.05, 3.63) is 46.8 Å². The normalized spacial score (nSPS) is 29.8. The van der Waals surface area contributed by atoms with E-state index < -0.39 is 0 Å². The van der Waals surface area contributed by atoms with Gasteiger partial charge in [0.05, 0.1) is 20.3 Å². The van der Waals surface area contributed by atoms with Gasteiger partial charge in [0, 0.05) is 49.4 Å². The minimum absolute atomic E-state index is 0.0821. The number of hydrogen-bond acceptors (Lipinski definition) is 5. The predicted molar refractivity (Wildman–Crippen MR) is 120 cm³/mol. The Labute approximate surface area is 189 Å². The molecule has 1 N–H and O–H groups in total. The zero-order valence-electron chi connectivity index (χ0n) is 18.8. The van der Waals surface area contributed by atoms with Crippen LogP contribution in [0.4, 0.5) is 0 Å². The highest BCUT2D eigenvalue weighted by molar-refractivity contribution is 5.94. The van der Waals surface area contributed by atoms with E-state index in [2.05, 4.69) is 44.3 Å². The minimum Gasteiger partial charge on any atom is -0.497 e. The molecule has 4 atom stereocenters. The summed E-state index contributed by atoms with van der Waals surface area (Å²) in [6.07, 6.45) is 5.74. The van der Waals surface area contributed by atoms with Crippen LogP contribution in [-0.4, -0.2) is 65.3 Å². The zero-order chi connectivity index (χ0) is 21.7. The van der Waals surface area contributed by atoms with Crippen molar-refractivity contribution >= 4 is 5.91 Å². The highest BCUT2D eigenvalue weighted by Crippen LogP contribution is 2.44. The predicted octanol–water partition coefficient (Wildman–Crippen LogP) is 3.18. The van der Waals surface area contributed by atoms with Crippen molar-refractivity contribution in [3.63, 3.8) is 0 Å². The molecule has 5 heterocycles. The maximum absolute atomic E-state index is 13.4. The lowest BCUT2D eigenvalue weighted by Crippen LogP contribution is -2.60. The molecule has 7 heteroatoms. The number of nitrogens with one attached hydrogen (secondary N) is 1. The first-order valence-corrected chi connectivity index (χ1v) is 12.0. The second-order valence-electron chi connectivity index (χ2n) is 9.89. The van der Waals surface area contributed by atoms with Crippen LogP contribution in [0.3, 0.4) is 0 Å². The van der Waals surface area contributed by atoms with Gasteiger partial charge in [-0.15, -0.1) is 0 Å². The number of carbonyl (C=O) groups excluding carboxylic acids is 1. The Kier molecular flexibility index (Phi) is 5.18. The topological polar surface area (TPSA) is 70.7 Å². The number of amides is 1. The van der Waals surface area contributed by atoms with Gasteiger partial charge in [0.2, 0.25) is 0 Å².